The first-order chi connectivity index (χ1) is 7.43. The van der Waals surface area contributed by atoms with Gasteiger partial charge in [-0.2, -0.15) is 0 Å². The maximum Gasteiger partial charge on any atom is 0.312 e. The Morgan fingerprint density at radius 3 is 2.69 bits per heavy atom. The van der Waals surface area contributed by atoms with Crippen LogP contribution in [0.3, 0.4) is 0 Å². The maximum atomic E-state index is 11.7. The summed E-state index contributed by atoms with van der Waals surface area (Å²) < 4.78 is 26.4. The zero-order chi connectivity index (χ0) is 12.2. The molecule has 0 aromatic carbocycles. The number of hydrogen-bond donors (Lipinski definition) is 3. The van der Waals surface area contributed by atoms with Crippen LogP contribution in [0.15, 0.2) is 20.1 Å². The Kier molecular flexibility index (Phi) is 4.71. The van der Waals surface area contributed by atoms with Gasteiger partial charge in [0.25, 0.3) is 10.0 Å². The molecule has 16 heavy (non-hydrogen) atoms. The summed E-state index contributed by atoms with van der Waals surface area (Å²) in [5.74, 6) is 0. The van der Waals surface area contributed by atoms with Gasteiger partial charge in [0.05, 0.1) is 0 Å². The molecular formula is C7H10BrN3O3S2. The second kappa shape index (κ2) is 5.62. The van der Waals surface area contributed by atoms with E-state index < -0.39 is 16.1 Å². The van der Waals surface area contributed by atoms with E-state index >= 15 is 0 Å². The number of rotatable bonds is 5. The third-order valence-electron chi connectivity index (χ3n) is 1.54. The predicted octanol–water partition coefficient (Wildman–Crippen LogP) is 0.457. The lowest BCUT2D eigenvalue weighted by Crippen LogP contribution is -2.37. The smallest absolute Gasteiger partial charge is 0.312 e. The minimum Gasteiger partial charge on any atom is -0.352 e. The summed E-state index contributed by atoms with van der Waals surface area (Å²) in [6.45, 7) is 0.243. The van der Waals surface area contributed by atoms with E-state index in [1.54, 1.807) is 11.4 Å². The third kappa shape index (κ3) is 3.74. The van der Waals surface area contributed by atoms with Crippen LogP contribution >= 0.6 is 27.3 Å². The van der Waals surface area contributed by atoms with E-state index in [9.17, 15) is 13.2 Å². The highest BCUT2D eigenvalue weighted by molar-refractivity contribution is 9.10. The number of carbonyl (C=O) groups is 1. The first-order valence-electron chi connectivity index (χ1n) is 4.19. The highest BCUT2D eigenvalue weighted by Crippen LogP contribution is 2.26. The summed E-state index contributed by atoms with van der Waals surface area (Å²) in [6.07, 6.45) is 0. The van der Waals surface area contributed by atoms with Gasteiger partial charge in [0, 0.05) is 17.6 Å². The Morgan fingerprint density at radius 2 is 2.19 bits per heavy atom. The van der Waals surface area contributed by atoms with Crippen molar-refractivity contribution >= 4 is 43.3 Å². The number of nitrogens with one attached hydrogen (secondary N) is 2. The molecule has 2 amide bonds. The second-order valence-electron chi connectivity index (χ2n) is 2.74. The molecule has 0 saturated heterocycles. The number of urea groups is 1. The van der Waals surface area contributed by atoms with Crippen LogP contribution in [0, 0.1) is 0 Å². The van der Waals surface area contributed by atoms with Gasteiger partial charge in [0.1, 0.15) is 4.21 Å². The highest BCUT2D eigenvalue weighted by Gasteiger charge is 2.18. The molecule has 0 atom stereocenters. The van der Waals surface area contributed by atoms with Crippen molar-refractivity contribution in [2.45, 2.75) is 4.21 Å². The largest absolute Gasteiger partial charge is 0.352 e. The van der Waals surface area contributed by atoms with Crippen LogP contribution in [0.4, 0.5) is 4.79 Å². The molecule has 0 spiro atoms. The van der Waals surface area contributed by atoms with Gasteiger partial charge in [-0.15, -0.1) is 11.3 Å². The van der Waals surface area contributed by atoms with E-state index in [4.69, 9.17) is 5.73 Å². The van der Waals surface area contributed by atoms with Crippen molar-refractivity contribution in [3.63, 3.8) is 0 Å². The van der Waals surface area contributed by atoms with E-state index in [1.807, 2.05) is 0 Å². The standard InChI is InChI=1S/C7H10BrN3O3S2/c8-5-1-4-15-6(5)16(13,14)11-3-2-10-7(9)12/h1,4,11H,2-3H2,(H3,9,10,12). The van der Waals surface area contributed by atoms with Gasteiger partial charge < -0.3 is 11.1 Å². The summed E-state index contributed by atoms with van der Waals surface area (Å²) in [5, 5.41) is 3.95. The molecule has 1 aromatic rings. The molecule has 0 aliphatic rings. The van der Waals surface area contributed by atoms with E-state index in [0.717, 1.165) is 11.3 Å². The molecule has 1 rings (SSSR count). The molecule has 9 heteroatoms. The second-order valence-corrected chi connectivity index (χ2v) is 6.48. The van der Waals surface area contributed by atoms with Crippen LogP contribution < -0.4 is 15.8 Å². The highest BCUT2D eigenvalue weighted by atomic mass is 79.9. The van der Waals surface area contributed by atoms with E-state index in [1.165, 1.54) is 0 Å². The maximum absolute atomic E-state index is 11.7. The van der Waals surface area contributed by atoms with Gasteiger partial charge in [0.15, 0.2) is 0 Å². The van der Waals surface area contributed by atoms with E-state index in [2.05, 4.69) is 26.0 Å². The quantitative estimate of drug-likeness (QED) is 0.684. The number of primary amides is 1. The fraction of sp³-hybridized carbons (Fsp3) is 0.286. The van der Waals surface area contributed by atoms with E-state index in [0.29, 0.717) is 4.47 Å². The fourth-order valence-electron chi connectivity index (χ4n) is 0.908. The molecule has 0 fully saturated rings. The van der Waals surface area contributed by atoms with Crippen molar-refractivity contribution in [1.29, 1.82) is 0 Å². The summed E-state index contributed by atoms with van der Waals surface area (Å²) in [4.78, 5) is 10.3. The minimum absolute atomic E-state index is 0.0929. The molecule has 0 aliphatic heterocycles. The van der Waals surface area contributed by atoms with Crippen LogP contribution in [0.25, 0.3) is 0 Å². The number of nitrogens with two attached hydrogens (primary N) is 1. The van der Waals surface area contributed by atoms with Crippen LogP contribution in [0.2, 0.25) is 0 Å². The Hall–Kier alpha value is -0.640. The molecule has 4 N–H and O–H groups in total. The van der Waals surface area contributed by atoms with Crippen molar-refractivity contribution < 1.29 is 13.2 Å². The first kappa shape index (κ1) is 13.4. The number of thiophene rings is 1. The topological polar surface area (TPSA) is 101 Å². The van der Waals surface area contributed by atoms with Gasteiger partial charge >= 0.3 is 6.03 Å². The fourth-order valence-corrected chi connectivity index (χ4v) is 4.32. The third-order valence-corrected chi connectivity index (χ3v) is 5.68. The summed E-state index contributed by atoms with van der Waals surface area (Å²) in [7, 11) is -3.52. The molecular weight excluding hydrogens is 318 g/mol. The molecule has 6 nitrogen and oxygen atoms in total. The molecule has 0 saturated carbocycles. The van der Waals surface area contributed by atoms with Crippen molar-refractivity contribution in [3.8, 4) is 0 Å². The lowest BCUT2D eigenvalue weighted by atomic mass is 10.6. The van der Waals surface area contributed by atoms with Crippen molar-refractivity contribution in [1.82, 2.24) is 10.0 Å². The summed E-state index contributed by atoms with van der Waals surface area (Å²) in [5.41, 5.74) is 4.83. The number of hydrogen-bond acceptors (Lipinski definition) is 4. The molecule has 1 aromatic heterocycles. The van der Waals surface area contributed by atoms with Crippen molar-refractivity contribution in [2.75, 3.05) is 13.1 Å². The van der Waals surface area contributed by atoms with Crippen molar-refractivity contribution in [3.05, 3.63) is 15.9 Å². The number of halogens is 1. The zero-order valence-corrected chi connectivity index (χ0v) is 11.3. The lowest BCUT2D eigenvalue weighted by molar-refractivity contribution is 0.249. The average molecular weight is 328 g/mol. The van der Waals surface area contributed by atoms with Crippen molar-refractivity contribution in [2.24, 2.45) is 5.73 Å². The SMILES string of the molecule is NC(=O)NCCNS(=O)(=O)c1sccc1Br. The number of sulfonamides is 1. The van der Waals surface area contributed by atoms with Crippen LogP contribution in [-0.2, 0) is 10.0 Å². The Balaban J connectivity index is 2.54. The van der Waals surface area contributed by atoms with Gasteiger partial charge in [-0.3, -0.25) is 0 Å². The summed E-state index contributed by atoms with van der Waals surface area (Å²) in [6, 6.07) is 0.970. The van der Waals surface area contributed by atoms with Gasteiger partial charge in [-0.1, -0.05) is 0 Å². The van der Waals surface area contributed by atoms with Crippen LogP contribution in [0.1, 0.15) is 0 Å². The molecule has 0 aliphatic carbocycles. The van der Waals surface area contributed by atoms with Gasteiger partial charge in [0.2, 0.25) is 0 Å². The van der Waals surface area contributed by atoms with Gasteiger partial charge in [-0.05, 0) is 27.4 Å². The number of amides is 2. The Morgan fingerprint density at radius 1 is 1.50 bits per heavy atom. The van der Waals surface area contributed by atoms with Crippen LogP contribution in [-0.4, -0.2) is 27.5 Å². The Bertz CT molecular complexity index is 471. The van der Waals surface area contributed by atoms with Gasteiger partial charge in [-0.25, -0.2) is 17.9 Å². The molecule has 0 unspecified atom stereocenters. The van der Waals surface area contributed by atoms with E-state index in [-0.39, 0.29) is 17.3 Å². The molecule has 90 valence electrons. The predicted molar refractivity (Wildman–Crippen MR) is 64.8 cm³/mol. The normalized spacial score (nSPS) is 11.3. The monoisotopic (exact) mass is 327 g/mol. The Labute approximate surface area is 105 Å². The number of carbonyl (C=O) groups excluding carboxylic acids is 1. The lowest BCUT2D eigenvalue weighted by Gasteiger charge is -2.05. The molecule has 0 bridgehead atoms. The zero-order valence-electron chi connectivity index (χ0n) is 8.07. The molecule has 1 heterocycles. The first-order valence-corrected chi connectivity index (χ1v) is 7.35. The summed E-state index contributed by atoms with van der Waals surface area (Å²) >= 11 is 4.25. The average Bonchev–Trinajstić information content (AvgIpc) is 2.59. The minimum atomic E-state index is -3.52. The van der Waals surface area contributed by atoms with Crippen LogP contribution in [0.5, 0.6) is 0 Å². The molecule has 0 radical (unpaired) electrons.